The highest BCUT2D eigenvalue weighted by Gasteiger charge is 2.12. The van der Waals surface area contributed by atoms with E-state index >= 15 is 0 Å². The highest BCUT2D eigenvalue weighted by Crippen LogP contribution is 2.12. The lowest BCUT2D eigenvalue weighted by atomic mass is 10.1. The number of aryl methyl sites for hydroxylation is 1. The number of aromatic nitrogens is 2. The third-order valence-corrected chi connectivity index (χ3v) is 2.91. The van der Waals surface area contributed by atoms with Gasteiger partial charge in [-0.2, -0.15) is 5.10 Å². The van der Waals surface area contributed by atoms with Gasteiger partial charge in [-0.25, -0.2) is 4.79 Å². The number of benzene rings is 1. The molecule has 4 heteroatoms. The summed E-state index contributed by atoms with van der Waals surface area (Å²) >= 11 is 0. The maximum Gasteiger partial charge on any atom is 0.339 e. The van der Waals surface area contributed by atoms with Gasteiger partial charge in [0.1, 0.15) is 5.56 Å². The predicted octanol–water partition coefficient (Wildman–Crippen LogP) is 2.25. The van der Waals surface area contributed by atoms with Gasteiger partial charge in [0, 0.05) is 0 Å². The van der Waals surface area contributed by atoms with Gasteiger partial charge in [-0.1, -0.05) is 24.3 Å². The molecule has 1 heterocycles. The van der Waals surface area contributed by atoms with Gasteiger partial charge in [0.25, 0.3) is 0 Å². The van der Waals surface area contributed by atoms with E-state index in [4.69, 9.17) is 5.11 Å². The molecule has 0 radical (unpaired) electrons. The van der Waals surface area contributed by atoms with Gasteiger partial charge in [0.2, 0.25) is 0 Å². The van der Waals surface area contributed by atoms with Crippen molar-refractivity contribution >= 4 is 5.97 Å². The van der Waals surface area contributed by atoms with Crippen LogP contribution in [0.5, 0.6) is 0 Å². The van der Waals surface area contributed by atoms with Crippen LogP contribution < -0.4 is 0 Å². The number of rotatable bonds is 3. The van der Waals surface area contributed by atoms with Gasteiger partial charge in [-0.05, 0) is 25.0 Å². The first-order valence-corrected chi connectivity index (χ1v) is 5.40. The Morgan fingerprint density at radius 1 is 1.35 bits per heavy atom. The number of carbonyl (C=O) groups is 1. The first-order valence-electron chi connectivity index (χ1n) is 5.40. The Morgan fingerprint density at radius 3 is 2.65 bits per heavy atom. The number of carboxylic acid groups (broad SMARTS) is 1. The van der Waals surface area contributed by atoms with E-state index in [0.29, 0.717) is 12.2 Å². The smallest absolute Gasteiger partial charge is 0.339 e. The summed E-state index contributed by atoms with van der Waals surface area (Å²) in [5.74, 6) is -0.932. The SMILES string of the molecule is Cc1ccccc1Cn1ncc(C(=O)O)c1C. The second-order valence-corrected chi connectivity index (χ2v) is 4.03. The van der Waals surface area contributed by atoms with Gasteiger partial charge < -0.3 is 5.11 Å². The van der Waals surface area contributed by atoms with Crippen molar-refractivity contribution in [2.75, 3.05) is 0 Å². The van der Waals surface area contributed by atoms with Gasteiger partial charge >= 0.3 is 5.97 Å². The van der Waals surface area contributed by atoms with Gasteiger partial charge in [0.05, 0.1) is 18.4 Å². The van der Waals surface area contributed by atoms with Gasteiger partial charge in [-0.3, -0.25) is 4.68 Å². The van der Waals surface area contributed by atoms with Crippen molar-refractivity contribution in [3.63, 3.8) is 0 Å². The topological polar surface area (TPSA) is 55.1 Å². The van der Waals surface area contributed by atoms with Crippen LogP contribution in [0.15, 0.2) is 30.5 Å². The molecule has 17 heavy (non-hydrogen) atoms. The molecular weight excluding hydrogens is 216 g/mol. The van der Waals surface area contributed by atoms with Crippen molar-refractivity contribution in [2.24, 2.45) is 0 Å². The van der Waals surface area contributed by atoms with Crippen LogP contribution >= 0.6 is 0 Å². The summed E-state index contributed by atoms with van der Waals surface area (Å²) in [5.41, 5.74) is 3.27. The average Bonchev–Trinajstić information content (AvgIpc) is 2.64. The molecule has 0 spiro atoms. The fraction of sp³-hybridized carbons (Fsp3) is 0.231. The van der Waals surface area contributed by atoms with Crippen molar-refractivity contribution in [3.8, 4) is 0 Å². The summed E-state index contributed by atoms with van der Waals surface area (Å²) < 4.78 is 1.71. The number of nitrogens with zero attached hydrogens (tertiary/aromatic N) is 2. The largest absolute Gasteiger partial charge is 0.478 e. The van der Waals surface area contributed by atoms with Crippen LogP contribution in [0.4, 0.5) is 0 Å². The van der Waals surface area contributed by atoms with E-state index in [9.17, 15) is 4.79 Å². The molecule has 88 valence electrons. The highest BCUT2D eigenvalue weighted by molar-refractivity contribution is 5.88. The lowest BCUT2D eigenvalue weighted by Gasteiger charge is -2.07. The minimum Gasteiger partial charge on any atom is -0.478 e. The van der Waals surface area contributed by atoms with Crippen molar-refractivity contribution in [2.45, 2.75) is 20.4 Å². The molecule has 0 atom stereocenters. The summed E-state index contributed by atoms with van der Waals surface area (Å²) in [4.78, 5) is 10.9. The monoisotopic (exact) mass is 230 g/mol. The van der Waals surface area contributed by atoms with E-state index in [2.05, 4.69) is 5.10 Å². The second-order valence-electron chi connectivity index (χ2n) is 4.03. The molecule has 4 nitrogen and oxygen atoms in total. The molecule has 0 aliphatic rings. The molecule has 0 bridgehead atoms. The zero-order chi connectivity index (χ0) is 12.4. The Kier molecular flexibility index (Phi) is 2.95. The van der Waals surface area contributed by atoms with Crippen molar-refractivity contribution in [3.05, 3.63) is 52.8 Å². The minimum atomic E-state index is -0.932. The van der Waals surface area contributed by atoms with Crippen LogP contribution in [0.1, 0.15) is 27.2 Å². The first kappa shape index (κ1) is 11.4. The molecule has 2 aromatic rings. The molecule has 0 unspecified atom stereocenters. The second kappa shape index (κ2) is 4.41. The zero-order valence-electron chi connectivity index (χ0n) is 9.84. The minimum absolute atomic E-state index is 0.263. The maximum atomic E-state index is 10.9. The highest BCUT2D eigenvalue weighted by atomic mass is 16.4. The fourth-order valence-electron chi connectivity index (χ4n) is 1.76. The van der Waals surface area contributed by atoms with Crippen molar-refractivity contribution in [1.82, 2.24) is 9.78 Å². The van der Waals surface area contributed by atoms with E-state index in [1.807, 2.05) is 31.2 Å². The molecule has 0 saturated carbocycles. The standard InChI is InChI=1S/C13H14N2O2/c1-9-5-3-4-6-11(9)8-15-10(2)12(7-14-15)13(16)17/h3-7H,8H2,1-2H3,(H,16,17). The molecule has 0 saturated heterocycles. The van der Waals surface area contributed by atoms with Crippen LogP contribution in [-0.4, -0.2) is 20.9 Å². The fourth-order valence-corrected chi connectivity index (χ4v) is 1.76. The Balaban J connectivity index is 2.31. The number of hydrogen-bond donors (Lipinski definition) is 1. The first-order chi connectivity index (χ1) is 8.09. The predicted molar refractivity (Wildman–Crippen MR) is 64.2 cm³/mol. The third-order valence-electron chi connectivity index (χ3n) is 2.91. The van der Waals surface area contributed by atoms with Gasteiger partial charge in [-0.15, -0.1) is 0 Å². The molecule has 1 N–H and O–H groups in total. The van der Waals surface area contributed by atoms with E-state index in [-0.39, 0.29) is 5.56 Å². The lowest BCUT2D eigenvalue weighted by Crippen LogP contribution is -2.06. The van der Waals surface area contributed by atoms with Crippen molar-refractivity contribution in [1.29, 1.82) is 0 Å². The summed E-state index contributed by atoms with van der Waals surface area (Å²) in [6.45, 7) is 4.41. The molecular formula is C13H14N2O2. The van der Waals surface area contributed by atoms with E-state index < -0.39 is 5.97 Å². The van der Waals surface area contributed by atoms with Crippen LogP contribution in [0.3, 0.4) is 0 Å². The van der Waals surface area contributed by atoms with Crippen LogP contribution in [0, 0.1) is 13.8 Å². The summed E-state index contributed by atoms with van der Waals surface area (Å²) in [5, 5.41) is 13.1. The third kappa shape index (κ3) is 2.20. The molecule has 2 rings (SSSR count). The molecule has 0 aliphatic carbocycles. The lowest BCUT2D eigenvalue weighted by molar-refractivity contribution is 0.0696. The normalized spacial score (nSPS) is 10.5. The summed E-state index contributed by atoms with van der Waals surface area (Å²) in [7, 11) is 0. The molecule has 0 aliphatic heterocycles. The van der Waals surface area contributed by atoms with Crippen LogP contribution in [-0.2, 0) is 6.54 Å². The zero-order valence-corrected chi connectivity index (χ0v) is 9.84. The van der Waals surface area contributed by atoms with E-state index in [0.717, 1.165) is 5.56 Å². The van der Waals surface area contributed by atoms with E-state index in [1.54, 1.807) is 11.6 Å². The van der Waals surface area contributed by atoms with E-state index in [1.165, 1.54) is 11.8 Å². The Labute approximate surface area is 99.5 Å². The Hall–Kier alpha value is -2.10. The molecule has 1 aromatic carbocycles. The summed E-state index contributed by atoms with van der Waals surface area (Å²) in [6.07, 6.45) is 1.40. The van der Waals surface area contributed by atoms with Crippen LogP contribution in [0.25, 0.3) is 0 Å². The average molecular weight is 230 g/mol. The molecule has 0 fully saturated rings. The molecule has 0 amide bonds. The number of hydrogen-bond acceptors (Lipinski definition) is 2. The summed E-state index contributed by atoms with van der Waals surface area (Å²) in [6, 6.07) is 8.01. The van der Waals surface area contributed by atoms with Crippen molar-refractivity contribution < 1.29 is 9.90 Å². The van der Waals surface area contributed by atoms with Crippen LogP contribution in [0.2, 0.25) is 0 Å². The number of carboxylic acids is 1. The van der Waals surface area contributed by atoms with Gasteiger partial charge in [0.15, 0.2) is 0 Å². The molecule has 1 aromatic heterocycles. The Morgan fingerprint density at radius 2 is 2.06 bits per heavy atom. The Bertz CT molecular complexity index is 558. The number of aromatic carboxylic acids is 1. The maximum absolute atomic E-state index is 10.9. The quantitative estimate of drug-likeness (QED) is 0.879.